The third-order valence-corrected chi connectivity index (χ3v) is 3.67. The summed E-state index contributed by atoms with van der Waals surface area (Å²) in [4.78, 5) is 4.25. The lowest BCUT2D eigenvalue weighted by molar-refractivity contribution is 0.119. The minimum Gasteiger partial charge on any atom is -0.490 e. The number of ether oxygens (including phenoxy) is 1. The molecular formula is C17H27N3O. The van der Waals surface area contributed by atoms with Gasteiger partial charge in [0.05, 0.1) is 6.10 Å². The predicted octanol–water partition coefficient (Wildman–Crippen LogP) is 2.94. The Morgan fingerprint density at radius 1 is 1.29 bits per heavy atom. The van der Waals surface area contributed by atoms with Crippen molar-refractivity contribution in [3.8, 4) is 5.75 Å². The van der Waals surface area contributed by atoms with Crippen LogP contribution in [-0.2, 0) is 6.54 Å². The first-order chi connectivity index (χ1) is 10.2. The average Bonchev–Trinajstić information content (AvgIpc) is 2.44. The zero-order valence-electron chi connectivity index (χ0n) is 13.4. The highest BCUT2D eigenvalue weighted by atomic mass is 16.5. The minimum atomic E-state index is 0.407. The van der Waals surface area contributed by atoms with Gasteiger partial charge < -0.3 is 15.4 Å². The summed E-state index contributed by atoms with van der Waals surface area (Å²) >= 11 is 0. The van der Waals surface area contributed by atoms with Gasteiger partial charge in [-0.2, -0.15) is 0 Å². The van der Waals surface area contributed by atoms with E-state index in [1.54, 1.807) is 7.05 Å². The fraction of sp³-hybridized carbons (Fsp3) is 0.588. The molecule has 2 rings (SSSR count). The molecule has 1 aromatic carbocycles. The first-order valence-corrected chi connectivity index (χ1v) is 7.88. The van der Waals surface area contributed by atoms with Gasteiger partial charge in [-0.15, -0.1) is 0 Å². The van der Waals surface area contributed by atoms with Crippen molar-refractivity contribution in [2.75, 3.05) is 13.6 Å². The molecule has 0 spiro atoms. The molecule has 1 fully saturated rings. The molecule has 4 heteroatoms. The summed E-state index contributed by atoms with van der Waals surface area (Å²) in [6.07, 6.45) is 4.06. The molecule has 1 aliphatic rings. The van der Waals surface area contributed by atoms with Crippen molar-refractivity contribution >= 4 is 5.96 Å². The van der Waals surface area contributed by atoms with Crippen molar-refractivity contribution in [2.24, 2.45) is 10.9 Å². The van der Waals surface area contributed by atoms with Crippen LogP contribution in [0, 0.1) is 5.92 Å². The third kappa shape index (κ3) is 4.96. The maximum absolute atomic E-state index is 6.05. The molecule has 1 aliphatic carbocycles. The number of rotatable bonds is 6. The molecule has 0 atom stereocenters. The largest absolute Gasteiger partial charge is 0.490 e. The van der Waals surface area contributed by atoms with Gasteiger partial charge >= 0.3 is 0 Å². The fourth-order valence-corrected chi connectivity index (χ4v) is 2.13. The molecule has 0 unspecified atom stereocenters. The van der Waals surface area contributed by atoms with Gasteiger partial charge in [0, 0.05) is 25.7 Å². The Labute approximate surface area is 128 Å². The molecule has 0 aromatic heterocycles. The Bertz CT molecular complexity index is 467. The lowest BCUT2D eigenvalue weighted by Gasteiger charge is -2.27. The number of benzene rings is 1. The fourth-order valence-electron chi connectivity index (χ4n) is 2.13. The third-order valence-electron chi connectivity index (χ3n) is 3.67. The number of hydrogen-bond acceptors (Lipinski definition) is 2. The standard InChI is InChI=1S/C17H27N3O/c1-13(2)11-19-17(18-3)20-12-14-7-4-5-10-16(14)21-15-8-6-9-15/h4-5,7,10,13,15H,6,8-9,11-12H2,1-3H3,(H2,18,19,20). The monoisotopic (exact) mass is 289 g/mol. The minimum absolute atomic E-state index is 0.407. The summed E-state index contributed by atoms with van der Waals surface area (Å²) in [5, 5.41) is 6.67. The van der Waals surface area contributed by atoms with E-state index in [-0.39, 0.29) is 0 Å². The quantitative estimate of drug-likeness (QED) is 0.625. The van der Waals surface area contributed by atoms with Crippen LogP contribution < -0.4 is 15.4 Å². The number of hydrogen-bond donors (Lipinski definition) is 2. The SMILES string of the molecule is CN=C(NCc1ccccc1OC1CCC1)NCC(C)C. The summed E-state index contributed by atoms with van der Waals surface area (Å²) in [7, 11) is 1.80. The smallest absolute Gasteiger partial charge is 0.191 e. The van der Waals surface area contributed by atoms with Crippen LogP contribution in [0.15, 0.2) is 29.3 Å². The van der Waals surface area contributed by atoms with Gasteiger partial charge in [-0.25, -0.2) is 0 Å². The summed E-state index contributed by atoms with van der Waals surface area (Å²) in [5.41, 5.74) is 1.18. The zero-order chi connectivity index (χ0) is 15.1. The Kier molecular flexibility index (Phi) is 5.90. The second kappa shape index (κ2) is 7.91. The number of nitrogens with zero attached hydrogens (tertiary/aromatic N) is 1. The molecule has 0 heterocycles. The molecule has 0 radical (unpaired) electrons. The number of nitrogens with one attached hydrogen (secondary N) is 2. The lowest BCUT2D eigenvalue weighted by atomic mass is 9.96. The van der Waals surface area contributed by atoms with E-state index in [4.69, 9.17) is 4.74 Å². The van der Waals surface area contributed by atoms with Gasteiger partial charge in [-0.3, -0.25) is 4.99 Å². The van der Waals surface area contributed by atoms with Crippen LogP contribution in [-0.4, -0.2) is 25.7 Å². The Morgan fingerprint density at radius 2 is 2.05 bits per heavy atom. The summed E-state index contributed by atoms with van der Waals surface area (Å²) in [5.74, 6) is 2.42. The van der Waals surface area contributed by atoms with E-state index in [9.17, 15) is 0 Å². The highest BCUT2D eigenvalue weighted by molar-refractivity contribution is 5.79. The van der Waals surface area contributed by atoms with Crippen molar-refractivity contribution in [1.82, 2.24) is 10.6 Å². The highest BCUT2D eigenvalue weighted by Gasteiger charge is 2.20. The highest BCUT2D eigenvalue weighted by Crippen LogP contribution is 2.27. The second-order valence-electron chi connectivity index (χ2n) is 5.98. The van der Waals surface area contributed by atoms with Gasteiger partial charge in [0.15, 0.2) is 5.96 Å². The van der Waals surface area contributed by atoms with E-state index in [0.717, 1.165) is 24.8 Å². The molecule has 116 valence electrons. The van der Waals surface area contributed by atoms with E-state index < -0.39 is 0 Å². The van der Waals surface area contributed by atoms with E-state index in [1.807, 2.05) is 6.07 Å². The predicted molar refractivity (Wildman–Crippen MR) is 87.7 cm³/mol. The summed E-state index contributed by atoms with van der Waals surface area (Å²) in [6, 6.07) is 8.24. The van der Waals surface area contributed by atoms with E-state index in [1.165, 1.54) is 24.8 Å². The van der Waals surface area contributed by atoms with Gasteiger partial charge in [0.2, 0.25) is 0 Å². The Balaban J connectivity index is 1.89. The molecule has 1 aromatic rings. The molecule has 1 saturated carbocycles. The number of guanidine groups is 1. The Morgan fingerprint density at radius 3 is 2.67 bits per heavy atom. The normalized spacial score (nSPS) is 15.7. The number of para-hydroxylation sites is 1. The molecule has 0 saturated heterocycles. The first-order valence-electron chi connectivity index (χ1n) is 7.88. The molecule has 21 heavy (non-hydrogen) atoms. The lowest BCUT2D eigenvalue weighted by Crippen LogP contribution is -2.38. The van der Waals surface area contributed by atoms with Crippen molar-refractivity contribution < 1.29 is 4.74 Å². The van der Waals surface area contributed by atoms with Crippen molar-refractivity contribution in [2.45, 2.75) is 45.8 Å². The maximum atomic E-state index is 6.05. The molecule has 4 nitrogen and oxygen atoms in total. The summed E-state index contributed by atoms with van der Waals surface area (Å²) < 4.78 is 6.05. The van der Waals surface area contributed by atoms with Gasteiger partial charge in [-0.05, 0) is 31.2 Å². The first kappa shape index (κ1) is 15.7. The van der Waals surface area contributed by atoms with E-state index >= 15 is 0 Å². The van der Waals surface area contributed by atoms with Crippen LogP contribution in [0.5, 0.6) is 5.75 Å². The zero-order valence-corrected chi connectivity index (χ0v) is 13.4. The maximum Gasteiger partial charge on any atom is 0.191 e. The van der Waals surface area contributed by atoms with Crippen LogP contribution >= 0.6 is 0 Å². The van der Waals surface area contributed by atoms with E-state index in [0.29, 0.717) is 12.0 Å². The molecule has 2 N–H and O–H groups in total. The number of aliphatic imine (C=N–C) groups is 1. The van der Waals surface area contributed by atoms with Gasteiger partial charge in [0.25, 0.3) is 0 Å². The van der Waals surface area contributed by atoms with E-state index in [2.05, 4.69) is 47.7 Å². The van der Waals surface area contributed by atoms with Crippen LogP contribution in [0.1, 0.15) is 38.7 Å². The average molecular weight is 289 g/mol. The van der Waals surface area contributed by atoms with Crippen LogP contribution in [0.4, 0.5) is 0 Å². The summed E-state index contributed by atoms with van der Waals surface area (Å²) in [6.45, 7) is 6.00. The molecule has 0 aliphatic heterocycles. The Hall–Kier alpha value is -1.71. The van der Waals surface area contributed by atoms with Gasteiger partial charge in [-0.1, -0.05) is 32.0 Å². The second-order valence-corrected chi connectivity index (χ2v) is 5.98. The van der Waals surface area contributed by atoms with Crippen molar-refractivity contribution in [1.29, 1.82) is 0 Å². The van der Waals surface area contributed by atoms with Gasteiger partial charge in [0.1, 0.15) is 5.75 Å². The molecular weight excluding hydrogens is 262 g/mol. The van der Waals surface area contributed by atoms with Crippen LogP contribution in [0.25, 0.3) is 0 Å². The van der Waals surface area contributed by atoms with Crippen LogP contribution in [0.2, 0.25) is 0 Å². The van der Waals surface area contributed by atoms with Crippen molar-refractivity contribution in [3.05, 3.63) is 29.8 Å². The van der Waals surface area contributed by atoms with Crippen LogP contribution in [0.3, 0.4) is 0 Å². The molecule has 0 bridgehead atoms. The molecule has 0 amide bonds. The van der Waals surface area contributed by atoms with Crippen molar-refractivity contribution in [3.63, 3.8) is 0 Å². The topological polar surface area (TPSA) is 45.7 Å².